The molecule has 0 radical (unpaired) electrons. The Hall–Kier alpha value is -0.490. The van der Waals surface area contributed by atoms with E-state index in [1.807, 2.05) is 18.5 Å². The molecule has 0 saturated carbocycles. The number of thiophene rings is 1. The van der Waals surface area contributed by atoms with Gasteiger partial charge in [-0.05, 0) is 31.5 Å². The number of nitrogens with one attached hydrogen (secondary N) is 1. The van der Waals surface area contributed by atoms with E-state index in [2.05, 4.69) is 15.5 Å². The Morgan fingerprint density at radius 2 is 2.31 bits per heavy atom. The van der Waals surface area contributed by atoms with Crippen LogP contribution < -0.4 is 5.32 Å². The fourth-order valence-corrected chi connectivity index (χ4v) is 3.49. The zero-order chi connectivity index (χ0) is 11.4. The maximum absolute atomic E-state index is 6.05. The summed E-state index contributed by atoms with van der Waals surface area (Å²) >= 11 is 9.29. The first-order valence-electron chi connectivity index (χ1n) is 5.01. The number of rotatable bonds is 5. The standard InChI is InChI=1S/C10H12ClN3S2/c1-12-5-2-3-8-13-14-10(16-8)9-7(11)4-6-15-9/h4,6,12H,2-3,5H2,1H3. The van der Waals surface area contributed by atoms with Gasteiger partial charge in [-0.25, -0.2) is 0 Å². The predicted octanol–water partition coefficient (Wildman–Crippen LogP) is 3.07. The lowest BCUT2D eigenvalue weighted by atomic mass is 10.3. The lowest BCUT2D eigenvalue weighted by Crippen LogP contribution is -2.08. The van der Waals surface area contributed by atoms with Gasteiger partial charge in [-0.15, -0.1) is 21.5 Å². The van der Waals surface area contributed by atoms with Gasteiger partial charge in [-0.1, -0.05) is 22.9 Å². The molecule has 2 aromatic rings. The highest BCUT2D eigenvalue weighted by Gasteiger charge is 2.10. The molecule has 0 amide bonds. The third-order valence-corrected chi connectivity index (χ3v) is 4.57. The lowest BCUT2D eigenvalue weighted by Gasteiger charge is -1.94. The topological polar surface area (TPSA) is 37.8 Å². The zero-order valence-corrected chi connectivity index (χ0v) is 11.3. The molecule has 0 aliphatic rings. The zero-order valence-electron chi connectivity index (χ0n) is 8.86. The normalized spacial score (nSPS) is 10.9. The van der Waals surface area contributed by atoms with Crippen molar-refractivity contribution in [2.45, 2.75) is 12.8 Å². The Morgan fingerprint density at radius 1 is 1.44 bits per heavy atom. The quantitative estimate of drug-likeness (QED) is 0.851. The predicted molar refractivity (Wildman–Crippen MR) is 70.5 cm³/mol. The van der Waals surface area contributed by atoms with Crippen molar-refractivity contribution in [3.8, 4) is 9.88 Å². The summed E-state index contributed by atoms with van der Waals surface area (Å²) in [4.78, 5) is 1.03. The molecule has 0 fully saturated rings. The van der Waals surface area contributed by atoms with Crippen molar-refractivity contribution in [1.82, 2.24) is 15.5 Å². The van der Waals surface area contributed by atoms with Crippen LogP contribution in [-0.4, -0.2) is 23.8 Å². The van der Waals surface area contributed by atoms with Crippen molar-refractivity contribution < 1.29 is 0 Å². The van der Waals surface area contributed by atoms with Crippen LogP contribution in [0.2, 0.25) is 5.02 Å². The number of aryl methyl sites for hydroxylation is 1. The van der Waals surface area contributed by atoms with Gasteiger partial charge in [-0.2, -0.15) is 0 Å². The summed E-state index contributed by atoms with van der Waals surface area (Å²) in [7, 11) is 1.96. The summed E-state index contributed by atoms with van der Waals surface area (Å²) in [6.45, 7) is 1.01. The second-order valence-corrected chi connectivity index (χ2v) is 5.69. The molecule has 2 rings (SSSR count). The van der Waals surface area contributed by atoms with Gasteiger partial charge in [0.15, 0.2) is 5.01 Å². The number of nitrogens with zero attached hydrogens (tertiary/aromatic N) is 2. The van der Waals surface area contributed by atoms with Crippen molar-refractivity contribution in [1.29, 1.82) is 0 Å². The summed E-state index contributed by atoms with van der Waals surface area (Å²) in [5.74, 6) is 0. The number of aromatic nitrogens is 2. The number of hydrogen-bond acceptors (Lipinski definition) is 5. The molecule has 0 atom stereocenters. The summed E-state index contributed by atoms with van der Waals surface area (Å²) < 4.78 is 0. The van der Waals surface area contributed by atoms with Gasteiger partial charge < -0.3 is 5.32 Å². The first kappa shape index (κ1) is 12.0. The van der Waals surface area contributed by atoms with E-state index in [9.17, 15) is 0 Å². The van der Waals surface area contributed by atoms with Crippen LogP contribution in [0.4, 0.5) is 0 Å². The van der Waals surface area contributed by atoms with E-state index in [1.165, 1.54) is 0 Å². The van der Waals surface area contributed by atoms with Gasteiger partial charge in [0.2, 0.25) is 0 Å². The van der Waals surface area contributed by atoms with E-state index in [4.69, 9.17) is 11.6 Å². The van der Waals surface area contributed by atoms with Gasteiger partial charge in [-0.3, -0.25) is 0 Å². The monoisotopic (exact) mass is 273 g/mol. The lowest BCUT2D eigenvalue weighted by molar-refractivity contribution is 0.718. The van der Waals surface area contributed by atoms with E-state index in [0.29, 0.717) is 0 Å². The molecule has 1 N–H and O–H groups in total. The Balaban J connectivity index is 2.05. The molecule has 2 heterocycles. The fraction of sp³-hybridized carbons (Fsp3) is 0.400. The molecule has 6 heteroatoms. The first-order valence-corrected chi connectivity index (χ1v) is 7.09. The minimum Gasteiger partial charge on any atom is -0.320 e. The van der Waals surface area contributed by atoms with Gasteiger partial charge in [0.05, 0.1) is 9.90 Å². The third kappa shape index (κ3) is 2.79. The molecule has 0 spiro atoms. The molecule has 2 aromatic heterocycles. The Labute approximate surface area is 107 Å². The van der Waals surface area contributed by atoms with Crippen molar-refractivity contribution in [2.75, 3.05) is 13.6 Å². The molecule has 0 aliphatic heterocycles. The highest BCUT2D eigenvalue weighted by Crippen LogP contribution is 2.34. The second-order valence-electron chi connectivity index (χ2n) is 3.31. The first-order chi connectivity index (χ1) is 7.81. The fourth-order valence-electron chi connectivity index (χ4n) is 1.31. The minimum atomic E-state index is 0.767. The van der Waals surface area contributed by atoms with E-state index < -0.39 is 0 Å². The minimum absolute atomic E-state index is 0.767. The van der Waals surface area contributed by atoms with Gasteiger partial charge in [0, 0.05) is 6.42 Å². The molecular weight excluding hydrogens is 262 g/mol. The Bertz CT molecular complexity index is 452. The second kappa shape index (κ2) is 5.72. The average molecular weight is 274 g/mol. The largest absolute Gasteiger partial charge is 0.320 e. The summed E-state index contributed by atoms with van der Waals surface area (Å²) in [5, 5.41) is 16.2. The van der Waals surface area contributed by atoms with Gasteiger partial charge in [0.1, 0.15) is 5.01 Å². The van der Waals surface area contributed by atoms with Gasteiger partial charge in [0.25, 0.3) is 0 Å². The molecule has 86 valence electrons. The smallest absolute Gasteiger partial charge is 0.159 e. The molecule has 0 aromatic carbocycles. The van der Waals surface area contributed by atoms with Crippen LogP contribution in [-0.2, 0) is 6.42 Å². The van der Waals surface area contributed by atoms with Crippen LogP contribution in [0.25, 0.3) is 9.88 Å². The van der Waals surface area contributed by atoms with E-state index in [0.717, 1.165) is 39.3 Å². The van der Waals surface area contributed by atoms with Crippen molar-refractivity contribution >= 4 is 34.3 Å². The average Bonchev–Trinajstić information content (AvgIpc) is 2.87. The van der Waals surface area contributed by atoms with E-state index in [-0.39, 0.29) is 0 Å². The summed E-state index contributed by atoms with van der Waals surface area (Å²) in [5.41, 5.74) is 0. The van der Waals surface area contributed by atoms with Crippen LogP contribution in [0.5, 0.6) is 0 Å². The van der Waals surface area contributed by atoms with Crippen LogP contribution in [0, 0.1) is 0 Å². The Morgan fingerprint density at radius 3 is 3.00 bits per heavy atom. The molecule has 16 heavy (non-hydrogen) atoms. The highest BCUT2D eigenvalue weighted by atomic mass is 35.5. The highest BCUT2D eigenvalue weighted by molar-refractivity contribution is 7.21. The molecule has 0 unspecified atom stereocenters. The van der Waals surface area contributed by atoms with Crippen molar-refractivity contribution in [3.05, 3.63) is 21.5 Å². The number of hydrogen-bond donors (Lipinski definition) is 1. The van der Waals surface area contributed by atoms with E-state index in [1.54, 1.807) is 22.7 Å². The molecular formula is C10H12ClN3S2. The van der Waals surface area contributed by atoms with Gasteiger partial charge >= 0.3 is 0 Å². The van der Waals surface area contributed by atoms with Crippen LogP contribution in [0.3, 0.4) is 0 Å². The Kier molecular flexibility index (Phi) is 4.29. The number of halogens is 1. The van der Waals surface area contributed by atoms with Crippen LogP contribution >= 0.6 is 34.3 Å². The summed E-state index contributed by atoms with van der Waals surface area (Å²) in [6, 6.07) is 1.89. The van der Waals surface area contributed by atoms with E-state index >= 15 is 0 Å². The van der Waals surface area contributed by atoms with Crippen LogP contribution in [0.15, 0.2) is 11.4 Å². The maximum Gasteiger partial charge on any atom is 0.159 e. The molecule has 3 nitrogen and oxygen atoms in total. The van der Waals surface area contributed by atoms with Crippen molar-refractivity contribution in [2.24, 2.45) is 0 Å². The third-order valence-electron chi connectivity index (χ3n) is 2.10. The SMILES string of the molecule is CNCCCc1nnc(-c2sccc2Cl)s1. The summed E-state index contributed by atoms with van der Waals surface area (Å²) in [6.07, 6.45) is 2.06. The maximum atomic E-state index is 6.05. The molecule has 0 aliphatic carbocycles. The molecule has 0 bridgehead atoms. The van der Waals surface area contributed by atoms with Crippen LogP contribution in [0.1, 0.15) is 11.4 Å². The molecule has 0 saturated heterocycles. The van der Waals surface area contributed by atoms with Crippen molar-refractivity contribution in [3.63, 3.8) is 0 Å².